The molecule has 1 saturated heterocycles. The van der Waals surface area contributed by atoms with E-state index in [1.807, 2.05) is 0 Å². The number of nitrogens with one attached hydrogen (secondary N) is 1. The highest BCUT2D eigenvalue weighted by molar-refractivity contribution is 7.89. The largest absolute Gasteiger partial charge is 0.325 e. The van der Waals surface area contributed by atoms with Gasteiger partial charge in [-0.25, -0.2) is 12.8 Å². The molecule has 1 heterocycles. The van der Waals surface area contributed by atoms with Crippen molar-refractivity contribution in [1.82, 2.24) is 4.31 Å². The third kappa shape index (κ3) is 4.55. The third-order valence-electron chi connectivity index (χ3n) is 4.60. The summed E-state index contributed by atoms with van der Waals surface area (Å²) in [6, 6.07) is 7.22. The van der Waals surface area contributed by atoms with Crippen molar-refractivity contribution in [2.45, 2.75) is 30.2 Å². The minimum Gasteiger partial charge on any atom is -0.325 e. The number of piperidine rings is 1. The average Bonchev–Trinajstić information content (AvgIpc) is 2.70. The summed E-state index contributed by atoms with van der Waals surface area (Å²) in [5.41, 5.74) is 0.0183. The Morgan fingerprint density at radius 3 is 2.52 bits per heavy atom. The molecule has 1 aliphatic heterocycles. The number of hydrogen-bond acceptors (Lipinski definition) is 5. The predicted molar refractivity (Wildman–Crippen MR) is 105 cm³/mol. The number of nitrogens with zero attached hydrogens (tertiary/aromatic N) is 2. The highest BCUT2D eigenvalue weighted by atomic mass is 35.5. The molecule has 0 radical (unpaired) electrons. The number of nitro groups is 1. The summed E-state index contributed by atoms with van der Waals surface area (Å²) in [7, 11) is -4.04. The Kier molecular flexibility index (Phi) is 6.15. The molecule has 1 amide bonds. The Bertz CT molecular complexity index is 1050. The van der Waals surface area contributed by atoms with Crippen LogP contribution >= 0.6 is 11.6 Å². The van der Waals surface area contributed by atoms with Gasteiger partial charge in [0.15, 0.2) is 0 Å². The van der Waals surface area contributed by atoms with Gasteiger partial charge in [0, 0.05) is 24.4 Å². The van der Waals surface area contributed by atoms with Crippen LogP contribution in [0.5, 0.6) is 0 Å². The fraction of sp³-hybridized carbons (Fsp3) is 0.278. The van der Waals surface area contributed by atoms with E-state index >= 15 is 0 Å². The van der Waals surface area contributed by atoms with Crippen LogP contribution in [0, 0.1) is 15.9 Å². The molecule has 0 aliphatic carbocycles. The molecule has 2 aromatic carbocycles. The number of carbonyl (C=O) groups is 1. The SMILES string of the molecule is O=C(Nc1ccc(F)c(Cl)c1)[C@@H]1CCCCN1S(=O)(=O)c1ccc([N+](=O)[O-])cc1. The number of hydrogen-bond donors (Lipinski definition) is 1. The van der Waals surface area contributed by atoms with Crippen molar-refractivity contribution >= 4 is 38.9 Å². The van der Waals surface area contributed by atoms with Crippen LogP contribution in [0.1, 0.15) is 19.3 Å². The molecule has 1 atom stereocenters. The highest BCUT2D eigenvalue weighted by Crippen LogP contribution is 2.28. The number of sulfonamides is 1. The van der Waals surface area contributed by atoms with Gasteiger partial charge in [-0.15, -0.1) is 0 Å². The molecular formula is C18H17ClFN3O5S. The van der Waals surface area contributed by atoms with Crippen LogP contribution in [-0.4, -0.2) is 36.1 Å². The molecule has 2 aromatic rings. The van der Waals surface area contributed by atoms with Crippen LogP contribution in [-0.2, 0) is 14.8 Å². The number of benzene rings is 2. The van der Waals surface area contributed by atoms with Crippen molar-refractivity contribution in [3.8, 4) is 0 Å². The van der Waals surface area contributed by atoms with Crippen molar-refractivity contribution < 1.29 is 22.5 Å². The summed E-state index contributed by atoms with van der Waals surface area (Å²) in [5.74, 6) is -1.19. The predicted octanol–water partition coefficient (Wildman–Crippen LogP) is 3.57. The topological polar surface area (TPSA) is 110 Å². The maximum Gasteiger partial charge on any atom is 0.269 e. The van der Waals surface area contributed by atoms with Crippen LogP contribution < -0.4 is 5.32 Å². The first-order valence-electron chi connectivity index (χ1n) is 8.72. The Hall–Kier alpha value is -2.56. The highest BCUT2D eigenvalue weighted by Gasteiger charge is 2.37. The lowest BCUT2D eigenvalue weighted by Gasteiger charge is -2.33. The Balaban J connectivity index is 1.85. The molecule has 0 spiro atoms. The molecule has 0 aromatic heterocycles. The molecule has 0 saturated carbocycles. The first-order chi connectivity index (χ1) is 13.7. The second-order valence-corrected chi connectivity index (χ2v) is 8.79. The van der Waals surface area contributed by atoms with Gasteiger partial charge in [-0.2, -0.15) is 4.31 Å². The smallest absolute Gasteiger partial charge is 0.269 e. The molecule has 29 heavy (non-hydrogen) atoms. The molecule has 0 bridgehead atoms. The van der Waals surface area contributed by atoms with Gasteiger partial charge in [-0.3, -0.25) is 14.9 Å². The number of nitro benzene ring substituents is 1. The molecule has 0 unspecified atom stereocenters. The second kappa shape index (κ2) is 8.44. The monoisotopic (exact) mass is 441 g/mol. The molecule has 1 aliphatic rings. The van der Waals surface area contributed by atoms with Crippen LogP contribution in [0.25, 0.3) is 0 Å². The summed E-state index contributed by atoms with van der Waals surface area (Å²) in [6.07, 6.45) is 1.56. The zero-order valence-corrected chi connectivity index (χ0v) is 16.6. The minimum absolute atomic E-state index is 0.132. The van der Waals surface area contributed by atoms with Crippen molar-refractivity contribution in [1.29, 1.82) is 0 Å². The van der Waals surface area contributed by atoms with Crippen molar-refractivity contribution in [2.24, 2.45) is 0 Å². The molecular weight excluding hydrogens is 425 g/mol. The second-order valence-electron chi connectivity index (χ2n) is 6.50. The number of halogens is 2. The van der Waals surface area contributed by atoms with E-state index in [0.717, 1.165) is 34.6 Å². The number of non-ortho nitro benzene ring substituents is 1. The average molecular weight is 442 g/mol. The normalized spacial score (nSPS) is 17.7. The van der Waals surface area contributed by atoms with E-state index in [0.29, 0.717) is 19.3 Å². The van der Waals surface area contributed by atoms with Gasteiger partial charge >= 0.3 is 0 Å². The van der Waals surface area contributed by atoms with E-state index < -0.39 is 32.7 Å². The maximum absolute atomic E-state index is 13.3. The van der Waals surface area contributed by atoms with Crippen molar-refractivity contribution in [3.05, 3.63) is 63.4 Å². The van der Waals surface area contributed by atoms with Gasteiger partial charge in [-0.05, 0) is 43.2 Å². The van der Waals surface area contributed by atoms with Gasteiger partial charge in [0.2, 0.25) is 15.9 Å². The van der Waals surface area contributed by atoms with Gasteiger partial charge in [0.05, 0.1) is 14.8 Å². The maximum atomic E-state index is 13.3. The van der Waals surface area contributed by atoms with Crippen LogP contribution in [0.2, 0.25) is 5.02 Å². The fourth-order valence-corrected chi connectivity index (χ4v) is 4.97. The van der Waals surface area contributed by atoms with Crippen LogP contribution in [0.4, 0.5) is 15.8 Å². The van der Waals surface area contributed by atoms with Gasteiger partial charge in [0.1, 0.15) is 11.9 Å². The van der Waals surface area contributed by atoms with E-state index in [2.05, 4.69) is 5.32 Å². The van der Waals surface area contributed by atoms with E-state index in [1.165, 1.54) is 12.1 Å². The number of amides is 1. The summed E-state index contributed by atoms with van der Waals surface area (Å²) in [6.45, 7) is 0.140. The molecule has 11 heteroatoms. The molecule has 1 N–H and O–H groups in total. The van der Waals surface area contributed by atoms with Gasteiger partial charge in [0.25, 0.3) is 5.69 Å². The fourth-order valence-electron chi connectivity index (χ4n) is 3.13. The zero-order valence-electron chi connectivity index (χ0n) is 15.0. The van der Waals surface area contributed by atoms with E-state index in [1.54, 1.807) is 0 Å². The van der Waals surface area contributed by atoms with Crippen LogP contribution in [0.3, 0.4) is 0 Å². The molecule has 3 rings (SSSR count). The lowest BCUT2D eigenvalue weighted by molar-refractivity contribution is -0.384. The number of rotatable bonds is 5. The lowest BCUT2D eigenvalue weighted by atomic mass is 10.0. The molecule has 1 fully saturated rings. The van der Waals surface area contributed by atoms with Crippen molar-refractivity contribution in [3.63, 3.8) is 0 Å². The van der Waals surface area contributed by atoms with E-state index in [9.17, 15) is 27.7 Å². The minimum atomic E-state index is -4.04. The number of anilines is 1. The first-order valence-corrected chi connectivity index (χ1v) is 10.5. The quantitative estimate of drug-likeness (QED) is 0.563. The van der Waals surface area contributed by atoms with Gasteiger partial charge < -0.3 is 5.32 Å². The summed E-state index contributed by atoms with van der Waals surface area (Å²) >= 11 is 5.72. The molecule has 154 valence electrons. The zero-order chi connectivity index (χ0) is 21.2. The number of carbonyl (C=O) groups excluding carboxylic acids is 1. The van der Waals surface area contributed by atoms with E-state index in [-0.39, 0.29) is 27.8 Å². The summed E-state index contributed by atoms with van der Waals surface area (Å²) in [5, 5.41) is 13.2. The third-order valence-corrected chi connectivity index (χ3v) is 6.81. The van der Waals surface area contributed by atoms with Crippen molar-refractivity contribution in [2.75, 3.05) is 11.9 Å². The Morgan fingerprint density at radius 1 is 1.21 bits per heavy atom. The Labute approximate surface area is 171 Å². The van der Waals surface area contributed by atoms with Gasteiger partial charge in [-0.1, -0.05) is 18.0 Å². The Morgan fingerprint density at radius 2 is 1.90 bits per heavy atom. The van der Waals surface area contributed by atoms with Crippen LogP contribution in [0.15, 0.2) is 47.4 Å². The molecule has 8 nitrogen and oxygen atoms in total. The van der Waals surface area contributed by atoms with E-state index in [4.69, 9.17) is 11.6 Å². The summed E-state index contributed by atoms with van der Waals surface area (Å²) < 4.78 is 40.5. The standard InChI is InChI=1S/C18H17ClFN3O5S/c19-15-11-12(4-9-16(15)20)21-18(24)17-3-1-2-10-22(17)29(27,28)14-7-5-13(6-8-14)23(25)26/h4-9,11,17H,1-3,10H2,(H,21,24)/t17-/m0/s1. The first kappa shape index (κ1) is 21.2. The summed E-state index contributed by atoms with van der Waals surface area (Å²) in [4.78, 5) is 22.8. The lowest BCUT2D eigenvalue weighted by Crippen LogP contribution is -2.49.